The molecule has 6 heteroatoms. The highest BCUT2D eigenvalue weighted by atomic mass is 16.6. The fraction of sp³-hybridized carbons (Fsp3) is 0.846. The lowest BCUT2D eigenvalue weighted by molar-refractivity contribution is -0.139. The molecule has 19 heavy (non-hydrogen) atoms. The molecule has 1 atom stereocenters. The molecule has 0 aromatic rings. The number of carbonyl (C=O) groups excluding carboxylic acids is 2. The van der Waals surface area contributed by atoms with Crippen LogP contribution >= 0.6 is 0 Å². The molecule has 0 aliphatic heterocycles. The molecule has 0 aromatic carbocycles. The zero-order valence-electron chi connectivity index (χ0n) is 19.5. The molecule has 0 rings (SSSR count). The third kappa shape index (κ3) is 9.30. The van der Waals surface area contributed by atoms with Crippen LogP contribution in [0.2, 0.25) is 0 Å². The summed E-state index contributed by atoms with van der Waals surface area (Å²) in [5, 5.41) is 4.22. The molecule has 6 nitrogen and oxygen atoms in total. The molecule has 2 N–H and O–H groups in total. The van der Waals surface area contributed by atoms with Crippen molar-refractivity contribution in [1.82, 2.24) is 10.6 Å². The molecule has 0 spiro atoms. The summed E-state index contributed by atoms with van der Waals surface area (Å²) in [5.41, 5.74) is -1.02. The molecule has 0 bridgehead atoms. The van der Waals surface area contributed by atoms with Crippen LogP contribution in [0.3, 0.4) is 0 Å². The van der Waals surface area contributed by atoms with E-state index in [9.17, 15) is 9.59 Å². The minimum absolute atomic E-state index is 0.495. The minimum Gasteiger partial charge on any atom is -0.468 e. The topological polar surface area (TPSA) is 76.7 Å². The highest BCUT2D eigenvalue weighted by Gasteiger charge is 2.21. The number of hydrogen-bond donors (Lipinski definition) is 2. The van der Waals surface area contributed by atoms with Gasteiger partial charge in [-0.3, -0.25) is 4.79 Å². The van der Waals surface area contributed by atoms with Gasteiger partial charge in [-0.1, -0.05) is 13.7 Å². The molecule has 0 radical (unpaired) electrons. The molecule has 0 aliphatic carbocycles. The van der Waals surface area contributed by atoms with Crippen LogP contribution in [0.4, 0.5) is 4.79 Å². The van der Waals surface area contributed by atoms with E-state index in [1.54, 1.807) is 0 Å². The van der Waals surface area contributed by atoms with Gasteiger partial charge in [0.25, 0.3) is 0 Å². The maximum atomic E-state index is 12.1. The largest absolute Gasteiger partial charge is 0.468 e. The third-order valence-corrected chi connectivity index (χ3v) is 1.75. The van der Waals surface area contributed by atoms with Gasteiger partial charge in [0.05, 0.1) is 15.0 Å². The van der Waals surface area contributed by atoms with Gasteiger partial charge >= 0.3 is 12.1 Å². The number of alkyl carbamates (subject to hydrolysis) is 1. The Bertz CT molecular complexity index is 530. The van der Waals surface area contributed by atoms with Crippen LogP contribution in [0.1, 0.15) is 45.4 Å². The zero-order valence-corrected chi connectivity index (χ0v) is 11.5. The Morgan fingerprint density at radius 3 is 2.47 bits per heavy atom. The smallest absolute Gasteiger partial charge is 0.407 e. The van der Waals surface area contributed by atoms with Crippen LogP contribution in [0.25, 0.3) is 0 Å². The molecular formula is C13H26N2O4. The first-order valence-corrected chi connectivity index (χ1v) is 5.59. The average molecular weight is 282 g/mol. The number of carbonyl (C=O) groups is 2. The lowest BCUT2D eigenvalue weighted by Gasteiger charge is -2.25. The Kier molecular flexibility index (Phi) is 3.40. The van der Waals surface area contributed by atoms with Crippen LogP contribution in [0, 0.1) is 5.89 Å². The highest BCUT2D eigenvalue weighted by molar-refractivity contribution is 5.71. The van der Waals surface area contributed by atoms with Crippen molar-refractivity contribution in [2.75, 3.05) is 20.2 Å². The molecule has 0 fully saturated rings. The standard InChI is InChI=1S/C13H26N2O4/c1-9(2)10(7-14-8-11(16)18-6)15-12(17)19-13(3,4)5/h9-10,14H,7-8H2,1-6H3,(H,15,17)/t10-/m0/s1/i1D3,2D3,9D,10D. The Balaban J connectivity index is 6.00. The molecule has 0 unspecified atom stereocenters. The van der Waals surface area contributed by atoms with Crippen molar-refractivity contribution in [2.24, 2.45) is 5.89 Å². The Morgan fingerprint density at radius 2 is 2.00 bits per heavy atom. The van der Waals surface area contributed by atoms with Gasteiger partial charge in [-0.15, -0.1) is 0 Å². The minimum atomic E-state index is -3.48. The third-order valence-electron chi connectivity index (χ3n) is 1.75. The number of ether oxygens (including phenoxy) is 2. The van der Waals surface area contributed by atoms with Gasteiger partial charge in [0.15, 0.2) is 0 Å². The molecule has 0 heterocycles. The van der Waals surface area contributed by atoms with Gasteiger partial charge < -0.3 is 20.1 Å². The van der Waals surface area contributed by atoms with Gasteiger partial charge in [-0.05, 0) is 26.7 Å². The van der Waals surface area contributed by atoms with E-state index >= 15 is 0 Å². The summed E-state index contributed by atoms with van der Waals surface area (Å²) >= 11 is 0. The van der Waals surface area contributed by atoms with Gasteiger partial charge in [0.1, 0.15) is 5.60 Å². The second-order valence-electron chi connectivity index (χ2n) is 4.66. The van der Waals surface area contributed by atoms with Crippen molar-refractivity contribution in [3.8, 4) is 0 Å². The maximum Gasteiger partial charge on any atom is 0.407 e. The van der Waals surface area contributed by atoms with Gasteiger partial charge in [0.2, 0.25) is 0 Å². The van der Waals surface area contributed by atoms with Crippen LogP contribution in [-0.2, 0) is 14.3 Å². The molecule has 0 saturated heterocycles. The Hall–Kier alpha value is -1.30. The summed E-state index contributed by atoms with van der Waals surface area (Å²) in [6.45, 7) is -3.78. The summed E-state index contributed by atoms with van der Waals surface area (Å²) in [5.74, 6) is -4.21. The fourth-order valence-electron chi connectivity index (χ4n) is 0.984. The van der Waals surface area contributed by atoms with Crippen molar-refractivity contribution in [2.45, 2.75) is 46.1 Å². The number of rotatable bonds is 6. The van der Waals surface area contributed by atoms with Crippen molar-refractivity contribution in [1.29, 1.82) is 0 Å². The van der Waals surface area contributed by atoms with Crippen molar-refractivity contribution >= 4 is 12.1 Å². The van der Waals surface area contributed by atoms with E-state index in [1.165, 1.54) is 20.8 Å². The number of methoxy groups -OCH3 is 1. The second kappa shape index (κ2) is 7.99. The van der Waals surface area contributed by atoms with Crippen molar-refractivity contribution in [3.63, 3.8) is 0 Å². The first kappa shape index (κ1) is 8.09. The lowest BCUT2D eigenvalue weighted by Crippen LogP contribution is -2.47. The summed E-state index contributed by atoms with van der Waals surface area (Å²) < 4.78 is 71.1. The summed E-state index contributed by atoms with van der Waals surface area (Å²) in [6, 6.07) is -2.90. The average Bonchev–Trinajstić information content (AvgIpc) is 2.41. The van der Waals surface area contributed by atoms with Gasteiger partial charge in [0, 0.05) is 22.2 Å². The number of nitrogens with one attached hydrogen (secondary N) is 2. The molecule has 0 aromatic heterocycles. The lowest BCUT2D eigenvalue weighted by atomic mass is 10.0. The zero-order chi connectivity index (χ0) is 21.9. The molecule has 0 saturated carbocycles. The number of hydrogen-bond acceptors (Lipinski definition) is 5. The van der Waals surface area contributed by atoms with E-state index in [1.807, 2.05) is 5.32 Å². The fourth-order valence-corrected chi connectivity index (χ4v) is 0.984. The summed E-state index contributed by atoms with van der Waals surface area (Å²) in [7, 11) is 1.09. The normalized spacial score (nSPS) is 22.7. The van der Waals surface area contributed by atoms with E-state index in [2.05, 4.69) is 10.1 Å². The van der Waals surface area contributed by atoms with Crippen LogP contribution in [-0.4, -0.2) is 43.9 Å². The van der Waals surface area contributed by atoms with E-state index < -0.39 is 56.4 Å². The first-order chi connectivity index (χ1) is 11.8. The first-order valence-electron chi connectivity index (χ1n) is 9.59. The van der Waals surface area contributed by atoms with E-state index in [4.69, 9.17) is 15.7 Å². The Labute approximate surface area is 126 Å². The van der Waals surface area contributed by atoms with Gasteiger partial charge in [-0.25, -0.2) is 4.79 Å². The summed E-state index contributed by atoms with van der Waals surface area (Å²) in [6.07, 6.45) is -1.28. The quantitative estimate of drug-likeness (QED) is 0.718. The van der Waals surface area contributed by atoms with Crippen LogP contribution in [0.15, 0.2) is 0 Å². The van der Waals surface area contributed by atoms with E-state index in [0.717, 1.165) is 7.11 Å². The highest BCUT2D eigenvalue weighted by Crippen LogP contribution is 2.08. The van der Waals surface area contributed by atoms with Crippen LogP contribution < -0.4 is 10.6 Å². The molecule has 0 aliphatic rings. The monoisotopic (exact) mass is 282 g/mol. The van der Waals surface area contributed by atoms with Gasteiger partial charge in [-0.2, -0.15) is 0 Å². The number of esters is 1. The molecular weight excluding hydrogens is 248 g/mol. The maximum absolute atomic E-state index is 12.1. The predicted molar refractivity (Wildman–Crippen MR) is 72.9 cm³/mol. The van der Waals surface area contributed by atoms with Crippen LogP contribution in [0.5, 0.6) is 0 Å². The van der Waals surface area contributed by atoms with E-state index in [-0.39, 0.29) is 0 Å². The number of amides is 1. The molecule has 112 valence electrons. The summed E-state index contributed by atoms with van der Waals surface area (Å²) in [4.78, 5) is 23.3. The molecule has 1 amide bonds. The van der Waals surface area contributed by atoms with Crippen molar-refractivity contribution < 1.29 is 30.0 Å². The predicted octanol–water partition coefficient (Wildman–Crippen LogP) is 1.30. The second-order valence-corrected chi connectivity index (χ2v) is 4.66. The SMILES string of the molecule is [2H]C([2H])([2H])C([2H])(C([2H])([2H])[2H])[C@]([2H])(CNCC(=O)OC)NC(=O)OC(C)(C)C. The van der Waals surface area contributed by atoms with E-state index in [0.29, 0.717) is 0 Å². The van der Waals surface area contributed by atoms with Crippen molar-refractivity contribution in [3.05, 3.63) is 0 Å². The Morgan fingerprint density at radius 1 is 1.37 bits per heavy atom.